The molecule has 0 unspecified atom stereocenters. The van der Waals surface area contributed by atoms with Crippen LogP contribution in [0, 0.1) is 5.82 Å². The van der Waals surface area contributed by atoms with Crippen molar-refractivity contribution in [2.45, 2.75) is 13.0 Å². The Morgan fingerprint density at radius 1 is 1.19 bits per heavy atom. The van der Waals surface area contributed by atoms with Gasteiger partial charge >= 0.3 is 5.97 Å². The van der Waals surface area contributed by atoms with Crippen molar-refractivity contribution in [2.24, 2.45) is 0 Å². The van der Waals surface area contributed by atoms with E-state index in [1.165, 1.54) is 17.4 Å². The minimum absolute atomic E-state index is 0.0472. The average molecular weight is 307 g/mol. The van der Waals surface area contributed by atoms with Crippen LogP contribution in [0.5, 0.6) is 0 Å². The van der Waals surface area contributed by atoms with Gasteiger partial charge in [0.05, 0.1) is 11.3 Å². The molecule has 0 atom stereocenters. The van der Waals surface area contributed by atoms with Crippen LogP contribution >= 0.6 is 11.3 Å². The maximum Gasteiger partial charge on any atom is 0.307 e. The van der Waals surface area contributed by atoms with E-state index in [2.05, 4.69) is 5.32 Å². The zero-order valence-electron chi connectivity index (χ0n) is 11.2. The van der Waals surface area contributed by atoms with Gasteiger partial charge < -0.3 is 10.1 Å². The molecule has 2 rings (SSSR count). The number of rotatable bonds is 6. The maximum absolute atomic E-state index is 13.3. The number of carbonyl (C=O) groups excluding carboxylic acids is 2. The maximum atomic E-state index is 13.3. The van der Waals surface area contributed by atoms with E-state index in [1.807, 2.05) is 0 Å². The Kier molecular flexibility index (Phi) is 5.45. The number of esters is 1. The number of hydrogen-bond acceptors (Lipinski definition) is 4. The number of halogens is 1. The molecule has 2 aromatic rings. The van der Waals surface area contributed by atoms with E-state index in [9.17, 15) is 14.0 Å². The summed E-state index contributed by atoms with van der Waals surface area (Å²) < 4.78 is 18.3. The van der Waals surface area contributed by atoms with Crippen molar-refractivity contribution in [3.63, 3.8) is 0 Å². The van der Waals surface area contributed by atoms with E-state index in [0.717, 1.165) is 0 Å². The summed E-state index contributed by atoms with van der Waals surface area (Å²) in [7, 11) is 0. The summed E-state index contributed by atoms with van der Waals surface area (Å²) in [5.74, 6) is -1.10. The van der Waals surface area contributed by atoms with E-state index in [0.29, 0.717) is 10.4 Å². The molecule has 110 valence electrons. The first-order valence-electron chi connectivity index (χ1n) is 6.37. The lowest BCUT2D eigenvalue weighted by atomic mass is 10.2. The smallest absolute Gasteiger partial charge is 0.307 e. The van der Waals surface area contributed by atoms with Gasteiger partial charge in [-0.25, -0.2) is 4.39 Å². The van der Waals surface area contributed by atoms with Gasteiger partial charge in [0, 0.05) is 12.1 Å². The second kappa shape index (κ2) is 7.54. The SMILES string of the molecule is O=C(CCNC(=O)c1cccs1)OCc1ccccc1F. The van der Waals surface area contributed by atoms with E-state index in [1.54, 1.807) is 35.7 Å². The van der Waals surface area contributed by atoms with Crippen molar-refractivity contribution in [1.29, 1.82) is 0 Å². The highest BCUT2D eigenvalue weighted by molar-refractivity contribution is 7.12. The number of benzene rings is 1. The van der Waals surface area contributed by atoms with Crippen molar-refractivity contribution in [1.82, 2.24) is 5.32 Å². The van der Waals surface area contributed by atoms with Crippen LogP contribution in [-0.4, -0.2) is 18.4 Å². The van der Waals surface area contributed by atoms with Gasteiger partial charge in [0.15, 0.2) is 0 Å². The van der Waals surface area contributed by atoms with Gasteiger partial charge in [-0.15, -0.1) is 11.3 Å². The van der Waals surface area contributed by atoms with Crippen molar-refractivity contribution in [2.75, 3.05) is 6.54 Å². The Labute approximate surface area is 125 Å². The molecule has 0 saturated heterocycles. The van der Waals surface area contributed by atoms with Crippen molar-refractivity contribution < 1.29 is 18.7 Å². The molecule has 1 aromatic carbocycles. The molecule has 1 N–H and O–H groups in total. The topological polar surface area (TPSA) is 55.4 Å². The fourth-order valence-corrected chi connectivity index (χ4v) is 2.26. The van der Waals surface area contributed by atoms with Crippen LogP contribution in [-0.2, 0) is 16.1 Å². The molecule has 0 aliphatic carbocycles. The van der Waals surface area contributed by atoms with Gasteiger partial charge in [0.25, 0.3) is 5.91 Å². The molecule has 0 radical (unpaired) electrons. The van der Waals surface area contributed by atoms with Gasteiger partial charge in [-0.1, -0.05) is 24.3 Å². The van der Waals surface area contributed by atoms with Crippen LogP contribution in [0.15, 0.2) is 41.8 Å². The predicted molar refractivity (Wildman–Crippen MR) is 77.5 cm³/mol. The molecule has 1 heterocycles. The third-order valence-corrected chi connectivity index (χ3v) is 3.57. The van der Waals surface area contributed by atoms with E-state index < -0.39 is 11.8 Å². The minimum Gasteiger partial charge on any atom is -0.461 e. The Hall–Kier alpha value is -2.21. The molecular formula is C15H14FNO3S. The lowest BCUT2D eigenvalue weighted by Crippen LogP contribution is -2.25. The molecule has 0 aliphatic rings. The molecule has 1 aromatic heterocycles. The zero-order chi connectivity index (χ0) is 15.1. The summed E-state index contributed by atoms with van der Waals surface area (Å²) in [4.78, 5) is 23.7. The Bertz CT molecular complexity index is 613. The first-order chi connectivity index (χ1) is 10.2. The van der Waals surface area contributed by atoms with Gasteiger partial charge in [0.2, 0.25) is 0 Å². The van der Waals surface area contributed by atoms with Crippen LogP contribution in [0.2, 0.25) is 0 Å². The van der Waals surface area contributed by atoms with E-state index in [4.69, 9.17) is 4.74 Å². The quantitative estimate of drug-likeness (QED) is 0.835. The summed E-state index contributed by atoms with van der Waals surface area (Å²) in [5.41, 5.74) is 0.327. The lowest BCUT2D eigenvalue weighted by molar-refractivity contribution is -0.144. The molecule has 0 saturated carbocycles. The highest BCUT2D eigenvalue weighted by atomic mass is 32.1. The summed E-state index contributed by atoms with van der Waals surface area (Å²) in [6.45, 7) is 0.0806. The molecule has 1 amide bonds. The summed E-state index contributed by atoms with van der Waals surface area (Å²) >= 11 is 1.33. The Balaban J connectivity index is 1.68. The summed E-state index contributed by atoms with van der Waals surface area (Å²) in [5, 5.41) is 4.43. The minimum atomic E-state index is -0.482. The lowest BCUT2D eigenvalue weighted by Gasteiger charge is -2.06. The molecule has 0 spiro atoms. The standard InChI is InChI=1S/C15H14FNO3S/c16-12-5-2-1-4-11(12)10-20-14(18)7-8-17-15(19)13-6-3-9-21-13/h1-6,9H,7-8,10H2,(H,17,19). The van der Waals surface area contributed by atoms with Gasteiger partial charge in [-0.3, -0.25) is 9.59 Å². The fraction of sp³-hybridized carbons (Fsp3) is 0.200. The first kappa shape index (κ1) is 15.2. The molecule has 0 bridgehead atoms. The Morgan fingerprint density at radius 2 is 2.00 bits per heavy atom. The van der Waals surface area contributed by atoms with Gasteiger partial charge in [-0.05, 0) is 17.5 Å². The summed E-state index contributed by atoms with van der Waals surface area (Å²) in [6.07, 6.45) is 0.0472. The highest BCUT2D eigenvalue weighted by Crippen LogP contribution is 2.09. The number of nitrogens with one attached hydrogen (secondary N) is 1. The number of ether oxygens (including phenoxy) is 1. The van der Waals surface area contributed by atoms with Crippen molar-refractivity contribution in [3.05, 3.63) is 58.0 Å². The second-order valence-electron chi connectivity index (χ2n) is 4.24. The number of amides is 1. The third-order valence-electron chi connectivity index (χ3n) is 2.71. The zero-order valence-corrected chi connectivity index (χ0v) is 12.0. The van der Waals surface area contributed by atoms with Gasteiger partial charge in [-0.2, -0.15) is 0 Å². The highest BCUT2D eigenvalue weighted by Gasteiger charge is 2.09. The third kappa shape index (κ3) is 4.68. The van der Waals surface area contributed by atoms with Crippen LogP contribution in [0.3, 0.4) is 0 Å². The monoisotopic (exact) mass is 307 g/mol. The van der Waals surface area contributed by atoms with E-state index in [-0.39, 0.29) is 25.5 Å². The van der Waals surface area contributed by atoms with E-state index >= 15 is 0 Å². The van der Waals surface area contributed by atoms with Crippen LogP contribution in [0.4, 0.5) is 4.39 Å². The molecule has 4 nitrogen and oxygen atoms in total. The fourth-order valence-electron chi connectivity index (χ4n) is 1.62. The number of thiophene rings is 1. The molecule has 0 fully saturated rings. The molecule has 21 heavy (non-hydrogen) atoms. The second-order valence-corrected chi connectivity index (χ2v) is 5.18. The normalized spacial score (nSPS) is 10.1. The largest absolute Gasteiger partial charge is 0.461 e. The molecule has 0 aliphatic heterocycles. The molecule has 6 heteroatoms. The van der Waals surface area contributed by atoms with Crippen LogP contribution < -0.4 is 5.32 Å². The van der Waals surface area contributed by atoms with Crippen molar-refractivity contribution >= 4 is 23.2 Å². The van der Waals surface area contributed by atoms with Crippen LogP contribution in [0.25, 0.3) is 0 Å². The van der Waals surface area contributed by atoms with Crippen LogP contribution in [0.1, 0.15) is 21.7 Å². The summed E-state index contributed by atoms with van der Waals surface area (Å²) in [6, 6.07) is 9.60. The first-order valence-corrected chi connectivity index (χ1v) is 7.25. The number of carbonyl (C=O) groups is 2. The van der Waals surface area contributed by atoms with Gasteiger partial charge in [0.1, 0.15) is 12.4 Å². The Morgan fingerprint density at radius 3 is 2.71 bits per heavy atom. The number of hydrogen-bond donors (Lipinski definition) is 1. The molecular weight excluding hydrogens is 293 g/mol. The predicted octanol–water partition coefficient (Wildman–Crippen LogP) is 2.75. The van der Waals surface area contributed by atoms with Crippen molar-refractivity contribution in [3.8, 4) is 0 Å². The average Bonchev–Trinajstić information content (AvgIpc) is 3.00.